The molecule has 2 amide bonds. The van der Waals surface area contributed by atoms with Crippen molar-refractivity contribution < 1.29 is 14.7 Å². The number of hydrogen-bond donors (Lipinski definition) is 1. The third-order valence-corrected chi connectivity index (χ3v) is 5.32. The van der Waals surface area contributed by atoms with Crippen molar-refractivity contribution in [3.63, 3.8) is 0 Å². The molecule has 122 valence electrons. The molecule has 2 aliphatic heterocycles. The number of amides is 2. The van der Waals surface area contributed by atoms with E-state index < -0.39 is 23.5 Å². The van der Waals surface area contributed by atoms with Crippen molar-refractivity contribution in [3.05, 3.63) is 65.7 Å². The Balaban J connectivity index is 2.04. The number of likely N-dealkylation sites (tertiary alicyclic amines) is 1. The second kappa shape index (κ2) is 4.92. The molecule has 1 spiro atoms. The second-order valence-electron chi connectivity index (χ2n) is 6.42. The topological polar surface area (TPSA) is 60.9 Å². The van der Waals surface area contributed by atoms with Gasteiger partial charge in [0, 0.05) is 19.8 Å². The van der Waals surface area contributed by atoms with E-state index in [2.05, 4.69) is 0 Å². The van der Waals surface area contributed by atoms with Crippen LogP contribution < -0.4 is 4.90 Å². The van der Waals surface area contributed by atoms with E-state index in [4.69, 9.17) is 0 Å². The fraction of sp³-hybridized carbons (Fsp3) is 0.263. The van der Waals surface area contributed by atoms with E-state index in [1.807, 2.05) is 54.6 Å². The van der Waals surface area contributed by atoms with Gasteiger partial charge < -0.3 is 14.9 Å². The molecule has 0 radical (unpaired) electrons. The molecule has 0 saturated carbocycles. The monoisotopic (exact) mass is 322 g/mol. The van der Waals surface area contributed by atoms with Crippen molar-refractivity contribution in [3.8, 4) is 0 Å². The van der Waals surface area contributed by atoms with Crippen LogP contribution in [0.2, 0.25) is 0 Å². The Hall–Kier alpha value is -2.66. The third kappa shape index (κ3) is 1.57. The minimum atomic E-state index is -1.40. The van der Waals surface area contributed by atoms with E-state index >= 15 is 0 Å². The molecule has 0 bridgehead atoms. The lowest BCUT2D eigenvalue weighted by Crippen LogP contribution is -2.49. The van der Waals surface area contributed by atoms with Gasteiger partial charge in [-0.15, -0.1) is 0 Å². The van der Waals surface area contributed by atoms with Gasteiger partial charge in [0.15, 0.2) is 6.10 Å². The molecule has 5 nitrogen and oxygen atoms in total. The van der Waals surface area contributed by atoms with Gasteiger partial charge in [-0.25, -0.2) is 0 Å². The SMILES string of the molecule is CN1C(=O)[C@@]2(c3ccccc31)[C@H](c1ccccc1)N(C)C(=O)[C@@H]2O. The van der Waals surface area contributed by atoms with Crippen LogP contribution in [-0.4, -0.2) is 42.0 Å². The van der Waals surface area contributed by atoms with Crippen LogP contribution in [0.15, 0.2) is 54.6 Å². The number of fused-ring (bicyclic) bond motifs is 2. The molecular weight excluding hydrogens is 304 g/mol. The van der Waals surface area contributed by atoms with Crippen LogP contribution >= 0.6 is 0 Å². The van der Waals surface area contributed by atoms with E-state index in [0.29, 0.717) is 5.56 Å². The average molecular weight is 322 g/mol. The van der Waals surface area contributed by atoms with Crippen LogP contribution in [0, 0.1) is 0 Å². The molecule has 2 aromatic carbocycles. The molecule has 0 unspecified atom stereocenters. The van der Waals surface area contributed by atoms with Crippen LogP contribution in [0.5, 0.6) is 0 Å². The average Bonchev–Trinajstić information content (AvgIpc) is 2.96. The smallest absolute Gasteiger partial charge is 0.253 e. The Kier molecular flexibility index (Phi) is 3.05. The molecule has 4 rings (SSSR count). The standard InChI is InChI=1S/C19H18N2O3/c1-20-14-11-7-6-10-13(14)19(18(20)24)15(12-8-4-3-5-9-12)21(2)17(23)16(19)22/h3-11,15-16,22H,1-2H3/t15-,16-,19-/m0/s1. The minimum absolute atomic E-state index is 0.247. The predicted octanol–water partition coefficient (Wildman–Crippen LogP) is 1.47. The first-order valence-electron chi connectivity index (χ1n) is 7.88. The maximum absolute atomic E-state index is 13.3. The Morgan fingerprint density at radius 2 is 1.58 bits per heavy atom. The number of hydrogen-bond acceptors (Lipinski definition) is 3. The molecule has 1 saturated heterocycles. The maximum Gasteiger partial charge on any atom is 0.253 e. The minimum Gasteiger partial charge on any atom is -0.382 e. The highest BCUT2D eigenvalue weighted by molar-refractivity contribution is 6.13. The third-order valence-electron chi connectivity index (χ3n) is 5.32. The molecule has 0 aliphatic carbocycles. The molecule has 1 N–H and O–H groups in total. The molecule has 24 heavy (non-hydrogen) atoms. The van der Waals surface area contributed by atoms with E-state index in [9.17, 15) is 14.7 Å². The lowest BCUT2D eigenvalue weighted by molar-refractivity contribution is -0.137. The number of para-hydroxylation sites is 1. The summed E-state index contributed by atoms with van der Waals surface area (Å²) >= 11 is 0. The normalized spacial score (nSPS) is 28.8. The van der Waals surface area contributed by atoms with Crippen LogP contribution in [0.25, 0.3) is 0 Å². The lowest BCUT2D eigenvalue weighted by Gasteiger charge is -2.33. The molecule has 2 aliphatic rings. The molecule has 2 aromatic rings. The first-order chi connectivity index (χ1) is 11.5. The lowest BCUT2D eigenvalue weighted by atomic mass is 9.71. The van der Waals surface area contributed by atoms with Crippen molar-refractivity contribution in [2.75, 3.05) is 19.0 Å². The van der Waals surface area contributed by atoms with Gasteiger partial charge in [0.2, 0.25) is 5.91 Å². The van der Waals surface area contributed by atoms with E-state index in [1.165, 1.54) is 4.90 Å². The number of rotatable bonds is 1. The first-order valence-corrected chi connectivity index (χ1v) is 7.88. The largest absolute Gasteiger partial charge is 0.382 e. The van der Waals surface area contributed by atoms with Gasteiger partial charge in [-0.3, -0.25) is 9.59 Å². The first kappa shape index (κ1) is 14.9. The van der Waals surface area contributed by atoms with Crippen molar-refractivity contribution in [2.24, 2.45) is 0 Å². The summed E-state index contributed by atoms with van der Waals surface area (Å²) < 4.78 is 0. The molecule has 3 atom stereocenters. The highest BCUT2D eigenvalue weighted by Crippen LogP contribution is 2.56. The van der Waals surface area contributed by atoms with Crippen molar-refractivity contribution >= 4 is 17.5 Å². The Bertz CT molecular complexity index is 836. The van der Waals surface area contributed by atoms with Crippen LogP contribution in [0.3, 0.4) is 0 Å². The Morgan fingerprint density at radius 1 is 0.958 bits per heavy atom. The number of anilines is 1. The maximum atomic E-state index is 13.3. The summed E-state index contributed by atoms with van der Waals surface area (Å²) in [5, 5.41) is 10.8. The summed E-state index contributed by atoms with van der Waals surface area (Å²) in [6.07, 6.45) is -1.40. The van der Waals surface area contributed by atoms with Crippen LogP contribution in [0.4, 0.5) is 5.69 Å². The fourth-order valence-electron chi connectivity index (χ4n) is 4.24. The van der Waals surface area contributed by atoms with Gasteiger partial charge in [0.05, 0.1) is 6.04 Å². The summed E-state index contributed by atoms with van der Waals surface area (Å²) in [4.78, 5) is 28.9. The van der Waals surface area contributed by atoms with Crippen LogP contribution in [0.1, 0.15) is 17.2 Å². The zero-order chi connectivity index (χ0) is 17.1. The van der Waals surface area contributed by atoms with Gasteiger partial charge in [-0.05, 0) is 17.2 Å². The van der Waals surface area contributed by atoms with Crippen LogP contribution in [-0.2, 0) is 15.0 Å². The Labute approximate surface area is 140 Å². The van der Waals surface area contributed by atoms with Crippen molar-refractivity contribution in [1.29, 1.82) is 0 Å². The van der Waals surface area contributed by atoms with Gasteiger partial charge >= 0.3 is 0 Å². The number of aliphatic hydroxyl groups is 1. The van der Waals surface area contributed by atoms with Gasteiger partial charge in [-0.2, -0.15) is 0 Å². The van der Waals surface area contributed by atoms with E-state index in [1.54, 1.807) is 19.0 Å². The molecule has 1 fully saturated rings. The number of carbonyl (C=O) groups excluding carboxylic acids is 2. The molecular formula is C19H18N2O3. The summed E-state index contributed by atoms with van der Waals surface area (Å²) in [5.74, 6) is -0.676. The summed E-state index contributed by atoms with van der Waals surface area (Å²) in [6.45, 7) is 0. The quantitative estimate of drug-likeness (QED) is 0.865. The highest BCUT2D eigenvalue weighted by Gasteiger charge is 2.67. The summed E-state index contributed by atoms with van der Waals surface area (Å²) in [6, 6.07) is 16.3. The number of likely N-dealkylation sites (N-methyl/N-ethyl adjacent to an activating group) is 2. The molecule has 0 aromatic heterocycles. The van der Waals surface area contributed by atoms with Crippen molar-refractivity contribution in [1.82, 2.24) is 4.90 Å². The highest BCUT2D eigenvalue weighted by atomic mass is 16.3. The number of benzene rings is 2. The number of nitrogens with zero attached hydrogens (tertiary/aromatic N) is 2. The van der Waals surface area contributed by atoms with E-state index in [0.717, 1.165) is 11.3 Å². The summed E-state index contributed by atoms with van der Waals surface area (Å²) in [7, 11) is 3.33. The summed E-state index contributed by atoms with van der Waals surface area (Å²) in [5.41, 5.74) is 0.976. The van der Waals surface area contributed by atoms with Crippen molar-refractivity contribution in [2.45, 2.75) is 17.6 Å². The number of aliphatic hydroxyl groups excluding tert-OH is 1. The molecule has 2 heterocycles. The molecule has 5 heteroatoms. The predicted molar refractivity (Wildman–Crippen MR) is 89.5 cm³/mol. The van der Waals surface area contributed by atoms with Gasteiger partial charge in [0.1, 0.15) is 5.41 Å². The Morgan fingerprint density at radius 3 is 2.29 bits per heavy atom. The number of carbonyl (C=O) groups is 2. The van der Waals surface area contributed by atoms with Gasteiger partial charge in [0.25, 0.3) is 5.91 Å². The van der Waals surface area contributed by atoms with E-state index in [-0.39, 0.29) is 5.91 Å². The fourth-order valence-corrected chi connectivity index (χ4v) is 4.24. The zero-order valence-corrected chi connectivity index (χ0v) is 13.5. The zero-order valence-electron chi connectivity index (χ0n) is 13.5. The van der Waals surface area contributed by atoms with Gasteiger partial charge in [-0.1, -0.05) is 48.5 Å². The second-order valence-corrected chi connectivity index (χ2v) is 6.42.